The fourth-order valence-electron chi connectivity index (χ4n) is 3.60. The molecule has 0 aliphatic carbocycles. The number of nitrogens with zero attached hydrogens (tertiary/aromatic N) is 1. The van der Waals surface area contributed by atoms with Gasteiger partial charge in [0.05, 0.1) is 18.8 Å². The average molecular weight is 465 g/mol. The minimum absolute atomic E-state index is 0.218. The molecule has 0 bridgehead atoms. The van der Waals surface area contributed by atoms with Crippen LogP contribution in [0, 0.1) is 0 Å². The van der Waals surface area contributed by atoms with E-state index in [0.717, 1.165) is 32.8 Å². The molecular formula is C26H25ClN2O4. The van der Waals surface area contributed by atoms with Crippen LogP contribution in [0.1, 0.15) is 21.5 Å². The highest BCUT2D eigenvalue weighted by Gasteiger charge is 2.16. The number of benzene rings is 3. The highest BCUT2D eigenvalue weighted by atomic mass is 35.5. The highest BCUT2D eigenvalue weighted by molar-refractivity contribution is 6.31. The second kappa shape index (κ2) is 11.1. The number of rotatable bonds is 8. The maximum atomic E-state index is 12.9. The molecule has 7 heteroatoms. The fourth-order valence-corrected chi connectivity index (χ4v) is 3.77. The van der Waals surface area contributed by atoms with Crippen molar-refractivity contribution in [2.75, 3.05) is 38.2 Å². The largest absolute Gasteiger partial charge is 0.483 e. The number of hydrogen-bond donors (Lipinski definition) is 1. The molecule has 0 atom stereocenters. The molecule has 3 aromatic rings. The van der Waals surface area contributed by atoms with Crippen LogP contribution >= 0.6 is 11.6 Å². The van der Waals surface area contributed by atoms with Gasteiger partial charge in [0.2, 0.25) is 0 Å². The third-order valence-electron chi connectivity index (χ3n) is 5.33. The van der Waals surface area contributed by atoms with Crippen molar-refractivity contribution in [2.45, 2.75) is 6.54 Å². The Balaban J connectivity index is 1.35. The van der Waals surface area contributed by atoms with Gasteiger partial charge in [-0.15, -0.1) is 0 Å². The van der Waals surface area contributed by atoms with Crippen LogP contribution in [-0.2, 0) is 16.1 Å². The first-order valence-corrected chi connectivity index (χ1v) is 11.2. The topological polar surface area (TPSA) is 67.9 Å². The lowest BCUT2D eigenvalue weighted by atomic mass is 10.0. The van der Waals surface area contributed by atoms with E-state index in [-0.39, 0.29) is 18.3 Å². The van der Waals surface area contributed by atoms with E-state index in [1.807, 2.05) is 30.3 Å². The van der Waals surface area contributed by atoms with Crippen LogP contribution in [0.3, 0.4) is 0 Å². The van der Waals surface area contributed by atoms with Gasteiger partial charge in [0.15, 0.2) is 12.4 Å². The van der Waals surface area contributed by atoms with E-state index >= 15 is 0 Å². The Morgan fingerprint density at radius 3 is 2.42 bits per heavy atom. The van der Waals surface area contributed by atoms with E-state index in [9.17, 15) is 9.59 Å². The van der Waals surface area contributed by atoms with Gasteiger partial charge in [-0.3, -0.25) is 14.5 Å². The number of anilines is 1. The molecule has 0 aromatic heterocycles. The second-order valence-electron chi connectivity index (χ2n) is 7.76. The lowest BCUT2D eigenvalue weighted by Gasteiger charge is -2.26. The van der Waals surface area contributed by atoms with Crippen molar-refractivity contribution >= 4 is 29.0 Å². The standard InChI is InChI=1S/C26H25ClN2O4/c27-21-8-11-24(23(16-21)26(31)20-4-2-1-3-5-20)33-18-25(30)28-22-9-6-19(7-10-22)17-29-12-14-32-15-13-29/h1-11,16H,12-15,17-18H2,(H,28,30). The predicted octanol–water partition coefficient (Wildman–Crippen LogP) is 4.42. The van der Waals surface area contributed by atoms with Gasteiger partial charge >= 0.3 is 0 Å². The van der Waals surface area contributed by atoms with E-state index in [2.05, 4.69) is 10.2 Å². The van der Waals surface area contributed by atoms with Gasteiger partial charge in [0.25, 0.3) is 5.91 Å². The quantitative estimate of drug-likeness (QED) is 0.500. The molecule has 0 unspecified atom stereocenters. The van der Waals surface area contributed by atoms with Crippen molar-refractivity contribution in [3.8, 4) is 5.75 Å². The number of ether oxygens (including phenoxy) is 2. The van der Waals surface area contributed by atoms with Crippen LogP contribution in [0.4, 0.5) is 5.69 Å². The summed E-state index contributed by atoms with van der Waals surface area (Å²) >= 11 is 6.10. The molecule has 1 fully saturated rings. The van der Waals surface area contributed by atoms with E-state index in [1.54, 1.807) is 42.5 Å². The summed E-state index contributed by atoms with van der Waals surface area (Å²) in [6.07, 6.45) is 0. The Hall–Kier alpha value is -3.19. The molecule has 4 rings (SSSR count). The van der Waals surface area contributed by atoms with Crippen LogP contribution in [-0.4, -0.2) is 49.5 Å². The van der Waals surface area contributed by atoms with Crippen LogP contribution in [0.5, 0.6) is 5.75 Å². The van der Waals surface area contributed by atoms with Crippen LogP contribution in [0.15, 0.2) is 72.8 Å². The van der Waals surface area contributed by atoms with Gasteiger partial charge in [-0.05, 0) is 35.9 Å². The van der Waals surface area contributed by atoms with E-state index in [0.29, 0.717) is 27.6 Å². The Bertz CT molecular complexity index is 1100. The third-order valence-corrected chi connectivity index (χ3v) is 5.56. The van der Waals surface area contributed by atoms with Crippen molar-refractivity contribution in [1.82, 2.24) is 4.90 Å². The number of carbonyl (C=O) groups excluding carboxylic acids is 2. The number of ketones is 1. The second-order valence-corrected chi connectivity index (χ2v) is 8.19. The Kier molecular flexibility index (Phi) is 7.73. The van der Waals surface area contributed by atoms with Gasteiger partial charge in [0, 0.05) is 35.9 Å². The first-order valence-electron chi connectivity index (χ1n) is 10.8. The summed E-state index contributed by atoms with van der Waals surface area (Å²) in [5.41, 5.74) is 2.70. The number of nitrogens with one attached hydrogen (secondary N) is 1. The summed E-state index contributed by atoms with van der Waals surface area (Å²) in [5.74, 6) is -0.224. The molecule has 1 saturated heterocycles. The maximum Gasteiger partial charge on any atom is 0.262 e. The smallest absolute Gasteiger partial charge is 0.262 e. The van der Waals surface area contributed by atoms with Gasteiger partial charge in [-0.1, -0.05) is 54.1 Å². The number of amides is 1. The number of halogens is 1. The molecule has 1 heterocycles. The van der Waals surface area contributed by atoms with Crippen molar-refractivity contribution in [2.24, 2.45) is 0 Å². The molecule has 1 aliphatic rings. The summed E-state index contributed by atoms with van der Waals surface area (Å²) in [6, 6.07) is 21.4. The number of hydrogen-bond acceptors (Lipinski definition) is 5. The summed E-state index contributed by atoms with van der Waals surface area (Å²) in [5, 5.41) is 3.25. The Labute approximate surface area is 198 Å². The van der Waals surface area contributed by atoms with Gasteiger partial charge in [-0.2, -0.15) is 0 Å². The van der Waals surface area contributed by atoms with E-state index in [1.165, 1.54) is 5.56 Å². The van der Waals surface area contributed by atoms with Gasteiger partial charge in [0.1, 0.15) is 5.75 Å². The van der Waals surface area contributed by atoms with Crippen LogP contribution in [0.2, 0.25) is 5.02 Å². The molecule has 0 radical (unpaired) electrons. The number of morpholine rings is 1. The molecule has 1 N–H and O–H groups in total. The SMILES string of the molecule is O=C(COc1ccc(Cl)cc1C(=O)c1ccccc1)Nc1ccc(CN2CCOCC2)cc1. The number of carbonyl (C=O) groups is 2. The van der Waals surface area contributed by atoms with Crippen LogP contribution < -0.4 is 10.1 Å². The molecule has 1 amide bonds. The summed E-state index contributed by atoms with van der Waals surface area (Å²) in [6.45, 7) is 4.01. The third kappa shape index (κ3) is 6.42. The maximum absolute atomic E-state index is 12.9. The molecular weight excluding hydrogens is 440 g/mol. The first-order chi connectivity index (χ1) is 16.1. The lowest BCUT2D eigenvalue weighted by Crippen LogP contribution is -2.35. The predicted molar refractivity (Wildman–Crippen MR) is 128 cm³/mol. The monoisotopic (exact) mass is 464 g/mol. The normalized spacial score (nSPS) is 14.0. The lowest BCUT2D eigenvalue weighted by molar-refractivity contribution is -0.118. The molecule has 3 aromatic carbocycles. The zero-order chi connectivity index (χ0) is 23.0. The first kappa shape index (κ1) is 23.0. The Morgan fingerprint density at radius 2 is 1.70 bits per heavy atom. The minimum atomic E-state index is -0.316. The molecule has 6 nitrogen and oxygen atoms in total. The van der Waals surface area contributed by atoms with Crippen molar-refractivity contribution in [3.63, 3.8) is 0 Å². The summed E-state index contributed by atoms with van der Waals surface area (Å²) in [4.78, 5) is 27.7. The fraction of sp³-hybridized carbons (Fsp3) is 0.231. The highest BCUT2D eigenvalue weighted by Crippen LogP contribution is 2.26. The summed E-state index contributed by atoms with van der Waals surface area (Å²) in [7, 11) is 0. The molecule has 170 valence electrons. The minimum Gasteiger partial charge on any atom is -0.483 e. The zero-order valence-electron chi connectivity index (χ0n) is 18.1. The Morgan fingerprint density at radius 1 is 0.970 bits per heavy atom. The van der Waals surface area contributed by atoms with Crippen LogP contribution in [0.25, 0.3) is 0 Å². The molecule has 33 heavy (non-hydrogen) atoms. The van der Waals surface area contributed by atoms with E-state index < -0.39 is 0 Å². The van der Waals surface area contributed by atoms with Crippen molar-refractivity contribution < 1.29 is 19.1 Å². The van der Waals surface area contributed by atoms with Gasteiger partial charge in [-0.25, -0.2) is 0 Å². The van der Waals surface area contributed by atoms with E-state index in [4.69, 9.17) is 21.1 Å². The molecule has 0 spiro atoms. The van der Waals surface area contributed by atoms with Crippen molar-refractivity contribution in [3.05, 3.63) is 94.5 Å². The van der Waals surface area contributed by atoms with Crippen molar-refractivity contribution in [1.29, 1.82) is 0 Å². The van der Waals surface area contributed by atoms with Gasteiger partial charge < -0.3 is 14.8 Å². The summed E-state index contributed by atoms with van der Waals surface area (Å²) < 4.78 is 11.1. The average Bonchev–Trinajstić information content (AvgIpc) is 2.85. The zero-order valence-corrected chi connectivity index (χ0v) is 18.9. The molecule has 0 saturated carbocycles. The molecule has 1 aliphatic heterocycles.